The highest BCUT2D eigenvalue weighted by Gasteiger charge is 2.22. The van der Waals surface area contributed by atoms with Gasteiger partial charge in [-0.1, -0.05) is 0 Å². The van der Waals surface area contributed by atoms with Crippen LogP contribution in [0.2, 0.25) is 0 Å². The number of piperazine rings is 1. The maximum absolute atomic E-state index is 11.6. The molecule has 0 saturated carbocycles. The molecule has 4 rings (SSSR count). The van der Waals surface area contributed by atoms with Gasteiger partial charge in [0.15, 0.2) is 0 Å². The molecule has 0 unspecified atom stereocenters. The van der Waals surface area contributed by atoms with E-state index < -0.39 is 0 Å². The summed E-state index contributed by atoms with van der Waals surface area (Å²) in [5, 5.41) is 0. The summed E-state index contributed by atoms with van der Waals surface area (Å²) in [4.78, 5) is 20.8. The number of ether oxygens (including phenoxy) is 1. The Morgan fingerprint density at radius 3 is 2.43 bits per heavy atom. The fourth-order valence-electron chi connectivity index (χ4n) is 3.89. The zero-order valence-electron chi connectivity index (χ0n) is 17.8. The first-order chi connectivity index (χ1) is 14.4. The van der Waals surface area contributed by atoms with E-state index in [0.29, 0.717) is 5.69 Å². The number of nitrogens with zero attached hydrogens (tertiary/aromatic N) is 4. The van der Waals surface area contributed by atoms with Crippen molar-refractivity contribution in [2.75, 3.05) is 31.9 Å². The summed E-state index contributed by atoms with van der Waals surface area (Å²) in [7, 11) is 0. The monoisotopic (exact) mass is 407 g/mol. The minimum atomic E-state index is 0.137. The number of fused-ring (bicyclic) bond motifs is 1. The summed E-state index contributed by atoms with van der Waals surface area (Å²) in [6, 6.07) is 11.9. The van der Waals surface area contributed by atoms with Crippen LogP contribution in [0.25, 0.3) is 16.9 Å². The fourth-order valence-corrected chi connectivity index (χ4v) is 3.89. The number of anilines is 1. The van der Waals surface area contributed by atoms with Crippen molar-refractivity contribution in [2.24, 2.45) is 0 Å². The van der Waals surface area contributed by atoms with Crippen LogP contribution in [0.1, 0.15) is 26.5 Å². The number of amides is 1. The third-order valence-electron chi connectivity index (χ3n) is 5.43. The number of pyridine rings is 1. The van der Waals surface area contributed by atoms with Gasteiger partial charge in [0.05, 0.1) is 17.5 Å². The molecule has 0 radical (unpaired) electrons. The SMILES string of the molecule is CC(=O)N1CCN(Cc2c(-c3ccc(OC(C)C)cc3)nc3ccc(N)cn23)CC1. The lowest BCUT2D eigenvalue weighted by Crippen LogP contribution is -2.47. The molecule has 158 valence electrons. The average molecular weight is 408 g/mol. The lowest BCUT2D eigenvalue weighted by Gasteiger charge is -2.34. The second-order valence-corrected chi connectivity index (χ2v) is 8.07. The second-order valence-electron chi connectivity index (χ2n) is 8.07. The maximum Gasteiger partial charge on any atom is 0.219 e. The highest BCUT2D eigenvalue weighted by molar-refractivity contribution is 5.73. The number of nitrogens with two attached hydrogens (primary N) is 1. The van der Waals surface area contributed by atoms with E-state index in [1.165, 1.54) is 0 Å². The van der Waals surface area contributed by atoms with Crippen molar-refractivity contribution in [2.45, 2.75) is 33.4 Å². The van der Waals surface area contributed by atoms with Crippen molar-refractivity contribution in [1.29, 1.82) is 0 Å². The Hall–Kier alpha value is -3.06. The zero-order chi connectivity index (χ0) is 21.3. The Bertz CT molecular complexity index is 1030. The highest BCUT2D eigenvalue weighted by atomic mass is 16.5. The number of rotatable bonds is 5. The van der Waals surface area contributed by atoms with Crippen LogP contribution in [0.3, 0.4) is 0 Å². The number of carbonyl (C=O) groups is 1. The van der Waals surface area contributed by atoms with Gasteiger partial charge in [0, 0.05) is 57.1 Å². The van der Waals surface area contributed by atoms with Gasteiger partial charge in [0.1, 0.15) is 11.4 Å². The minimum absolute atomic E-state index is 0.137. The molecule has 0 atom stereocenters. The third-order valence-corrected chi connectivity index (χ3v) is 5.43. The molecule has 1 aromatic carbocycles. The lowest BCUT2D eigenvalue weighted by atomic mass is 10.1. The first kappa shape index (κ1) is 20.2. The third kappa shape index (κ3) is 4.26. The molecule has 1 aliphatic heterocycles. The summed E-state index contributed by atoms with van der Waals surface area (Å²) >= 11 is 0. The Morgan fingerprint density at radius 1 is 1.10 bits per heavy atom. The molecule has 1 fully saturated rings. The average Bonchev–Trinajstić information content (AvgIpc) is 3.06. The molecule has 1 saturated heterocycles. The number of hydrogen-bond donors (Lipinski definition) is 1. The Kier molecular flexibility index (Phi) is 5.63. The number of benzene rings is 1. The Morgan fingerprint density at radius 2 is 1.80 bits per heavy atom. The normalized spacial score (nSPS) is 15.1. The van der Waals surface area contributed by atoms with Crippen LogP contribution in [-0.4, -0.2) is 57.4 Å². The van der Waals surface area contributed by atoms with Gasteiger partial charge in [-0.15, -0.1) is 0 Å². The largest absolute Gasteiger partial charge is 0.491 e. The van der Waals surface area contributed by atoms with Crippen molar-refractivity contribution < 1.29 is 9.53 Å². The fraction of sp³-hybridized carbons (Fsp3) is 0.391. The van der Waals surface area contributed by atoms with E-state index in [4.69, 9.17) is 15.5 Å². The molecule has 3 aromatic rings. The van der Waals surface area contributed by atoms with Crippen molar-refractivity contribution in [1.82, 2.24) is 19.2 Å². The zero-order valence-corrected chi connectivity index (χ0v) is 17.8. The summed E-state index contributed by atoms with van der Waals surface area (Å²) in [6.45, 7) is 9.61. The minimum Gasteiger partial charge on any atom is -0.491 e. The van der Waals surface area contributed by atoms with Gasteiger partial charge in [-0.25, -0.2) is 4.98 Å². The predicted molar refractivity (Wildman–Crippen MR) is 118 cm³/mol. The van der Waals surface area contributed by atoms with Crippen LogP contribution in [0.5, 0.6) is 5.75 Å². The Balaban J connectivity index is 1.65. The van der Waals surface area contributed by atoms with E-state index in [1.807, 2.05) is 49.2 Å². The van der Waals surface area contributed by atoms with Gasteiger partial charge in [0.2, 0.25) is 5.91 Å². The first-order valence-electron chi connectivity index (χ1n) is 10.4. The predicted octanol–water partition coefficient (Wildman–Crippen LogP) is 3.03. The van der Waals surface area contributed by atoms with E-state index in [2.05, 4.69) is 21.4 Å². The smallest absolute Gasteiger partial charge is 0.219 e. The number of imidazole rings is 1. The molecule has 0 aliphatic carbocycles. The highest BCUT2D eigenvalue weighted by Crippen LogP contribution is 2.28. The van der Waals surface area contributed by atoms with Crippen molar-refractivity contribution in [3.63, 3.8) is 0 Å². The summed E-state index contributed by atoms with van der Waals surface area (Å²) in [6.07, 6.45) is 2.07. The maximum atomic E-state index is 11.6. The topological polar surface area (TPSA) is 76.1 Å². The van der Waals surface area contributed by atoms with Crippen LogP contribution in [0.15, 0.2) is 42.6 Å². The number of carbonyl (C=O) groups excluding carboxylic acids is 1. The number of nitrogen functional groups attached to an aromatic ring is 1. The van der Waals surface area contributed by atoms with E-state index in [9.17, 15) is 4.79 Å². The van der Waals surface area contributed by atoms with Crippen molar-refractivity contribution >= 4 is 17.2 Å². The lowest BCUT2D eigenvalue weighted by molar-refractivity contribution is -0.130. The van der Waals surface area contributed by atoms with Gasteiger partial charge in [-0.2, -0.15) is 0 Å². The van der Waals surface area contributed by atoms with Crippen LogP contribution in [-0.2, 0) is 11.3 Å². The van der Waals surface area contributed by atoms with Crippen LogP contribution >= 0.6 is 0 Å². The molecule has 1 aliphatic rings. The molecule has 0 bridgehead atoms. The molecule has 2 N–H and O–H groups in total. The summed E-state index contributed by atoms with van der Waals surface area (Å²) in [5.41, 5.74) is 10.7. The van der Waals surface area contributed by atoms with Crippen molar-refractivity contribution in [3.05, 3.63) is 48.3 Å². The molecule has 7 nitrogen and oxygen atoms in total. The Labute approximate surface area is 177 Å². The molecule has 0 spiro atoms. The second kappa shape index (κ2) is 8.36. The van der Waals surface area contributed by atoms with E-state index in [-0.39, 0.29) is 12.0 Å². The summed E-state index contributed by atoms with van der Waals surface area (Å²) in [5.74, 6) is 0.991. The standard InChI is InChI=1S/C23H29N5O2/c1-16(2)30-20-7-4-18(5-8-20)23-21(28-14-19(24)6-9-22(28)25-23)15-26-10-12-27(13-11-26)17(3)29/h4-9,14,16H,10-13,15,24H2,1-3H3. The molecule has 7 heteroatoms. The molecule has 2 aromatic heterocycles. The molecular weight excluding hydrogens is 378 g/mol. The van der Waals surface area contributed by atoms with Gasteiger partial charge in [-0.05, 0) is 50.2 Å². The molecule has 3 heterocycles. The van der Waals surface area contributed by atoms with Gasteiger partial charge < -0.3 is 19.8 Å². The van der Waals surface area contributed by atoms with E-state index >= 15 is 0 Å². The molecule has 30 heavy (non-hydrogen) atoms. The number of aromatic nitrogens is 2. The number of hydrogen-bond acceptors (Lipinski definition) is 5. The van der Waals surface area contributed by atoms with Crippen LogP contribution < -0.4 is 10.5 Å². The van der Waals surface area contributed by atoms with Crippen LogP contribution in [0.4, 0.5) is 5.69 Å². The quantitative estimate of drug-likeness (QED) is 0.704. The van der Waals surface area contributed by atoms with E-state index in [0.717, 1.165) is 61.1 Å². The van der Waals surface area contributed by atoms with Crippen LogP contribution in [0, 0.1) is 0 Å². The first-order valence-corrected chi connectivity index (χ1v) is 10.4. The summed E-state index contributed by atoms with van der Waals surface area (Å²) < 4.78 is 7.86. The van der Waals surface area contributed by atoms with Crippen molar-refractivity contribution in [3.8, 4) is 17.0 Å². The van der Waals surface area contributed by atoms with Gasteiger partial charge in [0.25, 0.3) is 0 Å². The molecular formula is C23H29N5O2. The van der Waals surface area contributed by atoms with Gasteiger partial charge in [-0.3, -0.25) is 9.69 Å². The van der Waals surface area contributed by atoms with Gasteiger partial charge >= 0.3 is 0 Å². The molecule has 1 amide bonds. The van der Waals surface area contributed by atoms with E-state index in [1.54, 1.807) is 6.92 Å².